The number of aryl methyl sites for hydroxylation is 1. The van der Waals surface area contributed by atoms with Crippen LogP contribution in [0.3, 0.4) is 0 Å². The molecule has 0 radical (unpaired) electrons. The molecule has 1 aliphatic heterocycles. The number of pyridine rings is 1. The van der Waals surface area contributed by atoms with Gasteiger partial charge in [0.2, 0.25) is 11.8 Å². The molecule has 7 nitrogen and oxygen atoms in total. The Balaban J connectivity index is 1.25. The number of hydrogen-bond acceptors (Lipinski definition) is 4. The lowest BCUT2D eigenvalue weighted by Gasteiger charge is -2.24. The van der Waals surface area contributed by atoms with Crippen molar-refractivity contribution in [3.05, 3.63) is 107 Å². The number of ketones is 1. The first-order valence-electron chi connectivity index (χ1n) is 14.5. The Morgan fingerprint density at radius 2 is 1.76 bits per heavy atom. The smallest absolute Gasteiger partial charge is 0.247 e. The maximum atomic E-state index is 15.5. The molecule has 1 fully saturated rings. The van der Waals surface area contributed by atoms with Crippen molar-refractivity contribution in [2.75, 3.05) is 11.9 Å². The van der Waals surface area contributed by atoms with Crippen molar-refractivity contribution < 1.29 is 23.2 Å². The number of anilines is 1. The van der Waals surface area contributed by atoms with Crippen molar-refractivity contribution in [2.45, 2.75) is 39.0 Å². The van der Waals surface area contributed by atoms with Crippen LogP contribution in [0.25, 0.3) is 33.2 Å². The molecule has 2 amide bonds. The zero-order valence-corrected chi connectivity index (χ0v) is 25.3. The summed E-state index contributed by atoms with van der Waals surface area (Å²) in [6, 6.07) is 19.6. The number of alkyl halides is 1. The molecule has 0 unspecified atom stereocenters. The number of benzene rings is 3. The first-order chi connectivity index (χ1) is 21.6. The van der Waals surface area contributed by atoms with E-state index < -0.39 is 29.8 Å². The standard InChI is InChI=1S/C35H29ClF2N4O3/c1-20-10-11-23(16-39-20)22-12-13-31-27(14-22)28(21(2)43)18-41(31)19-33(44)42-17-24(37)15-32(42)35(45)40-30-9-5-7-26(34(30)38)25-6-3-4-8-29(25)36/h3-14,16,18,24,32H,15,17,19H2,1-2H3,(H,40,45)/t24-,32+/m1/s1. The number of carbonyl (C=O) groups excluding carboxylic acids is 3. The number of halogens is 3. The number of fused-ring (bicyclic) bond motifs is 1. The molecule has 3 aromatic carbocycles. The average Bonchev–Trinajstić information content (AvgIpc) is 3.59. The maximum Gasteiger partial charge on any atom is 0.247 e. The Labute approximate surface area is 263 Å². The zero-order chi connectivity index (χ0) is 31.8. The van der Waals surface area contributed by atoms with Gasteiger partial charge in [-0.15, -0.1) is 0 Å². The molecule has 1 saturated heterocycles. The average molecular weight is 627 g/mol. The van der Waals surface area contributed by atoms with Crippen LogP contribution < -0.4 is 5.32 Å². The highest BCUT2D eigenvalue weighted by Crippen LogP contribution is 2.34. The number of aromatic nitrogens is 2. The Hall–Kier alpha value is -4.89. The summed E-state index contributed by atoms with van der Waals surface area (Å²) in [4.78, 5) is 45.1. The van der Waals surface area contributed by atoms with E-state index in [0.29, 0.717) is 27.1 Å². The van der Waals surface area contributed by atoms with E-state index in [4.69, 9.17) is 11.6 Å². The third-order valence-electron chi connectivity index (χ3n) is 8.10. The summed E-state index contributed by atoms with van der Waals surface area (Å²) in [6.45, 7) is 2.86. The molecule has 0 bridgehead atoms. The molecule has 0 spiro atoms. The predicted octanol–water partition coefficient (Wildman–Crippen LogP) is 7.25. The summed E-state index contributed by atoms with van der Waals surface area (Å²) in [5.41, 5.74) is 4.27. The molecule has 0 aliphatic carbocycles. The van der Waals surface area contributed by atoms with Crippen LogP contribution in [0.1, 0.15) is 29.4 Å². The van der Waals surface area contributed by atoms with E-state index in [2.05, 4.69) is 10.3 Å². The lowest BCUT2D eigenvalue weighted by molar-refractivity contribution is -0.137. The van der Waals surface area contributed by atoms with Gasteiger partial charge in [-0.1, -0.05) is 54.1 Å². The van der Waals surface area contributed by atoms with Gasteiger partial charge in [-0.3, -0.25) is 19.4 Å². The summed E-state index contributed by atoms with van der Waals surface area (Å²) < 4.78 is 31.9. The molecule has 2 aromatic heterocycles. The van der Waals surface area contributed by atoms with Gasteiger partial charge in [0.05, 0.1) is 12.2 Å². The molecule has 1 N–H and O–H groups in total. The van der Waals surface area contributed by atoms with E-state index in [0.717, 1.165) is 16.8 Å². The zero-order valence-electron chi connectivity index (χ0n) is 24.6. The van der Waals surface area contributed by atoms with Crippen LogP contribution >= 0.6 is 11.6 Å². The Morgan fingerprint density at radius 3 is 2.49 bits per heavy atom. The topological polar surface area (TPSA) is 84.3 Å². The van der Waals surface area contributed by atoms with Crippen LogP contribution in [0.4, 0.5) is 14.5 Å². The number of rotatable bonds is 7. The van der Waals surface area contributed by atoms with Gasteiger partial charge in [0.1, 0.15) is 18.8 Å². The molecule has 3 heterocycles. The molecular formula is C35H29ClF2N4O3. The van der Waals surface area contributed by atoms with Crippen LogP contribution in [-0.4, -0.2) is 50.8 Å². The number of carbonyl (C=O) groups is 3. The monoisotopic (exact) mass is 626 g/mol. The van der Waals surface area contributed by atoms with Crippen molar-refractivity contribution in [1.82, 2.24) is 14.5 Å². The van der Waals surface area contributed by atoms with Gasteiger partial charge >= 0.3 is 0 Å². The number of likely N-dealkylation sites (tertiary alicyclic amines) is 1. The molecule has 2 atom stereocenters. The van der Waals surface area contributed by atoms with Crippen molar-refractivity contribution in [3.63, 3.8) is 0 Å². The number of nitrogens with one attached hydrogen (secondary N) is 1. The number of amides is 2. The lowest BCUT2D eigenvalue weighted by Crippen LogP contribution is -2.44. The van der Waals surface area contributed by atoms with Gasteiger partial charge in [-0.25, -0.2) is 8.78 Å². The summed E-state index contributed by atoms with van der Waals surface area (Å²) in [5.74, 6) is -2.06. The maximum absolute atomic E-state index is 15.5. The second-order valence-corrected chi connectivity index (χ2v) is 11.6. The van der Waals surface area contributed by atoms with E-state index in [1.807, 2.05) is 37.3 Å². The minimum absolute atomic E-state index is 0.103. The molecule has 6 rings (SSSR count). The van der Waals surface area contributed by atoms with E-state index in [9.17, 15) is 18.8 Å². The largest absolute Gasteiger partial charge is 0.337 e. The van der Waals surface area contributed by atoms with Gasteiger partial charge in [-0.2, -0.15) is 0 Å². The van der Waals surface area contributed by atoms with E-state index in [-0.39, 0.29) is 36.5 Å². The second kappa shape index (κ2) is 12.2. The van der Waals surface area contributed by atoms with Crippen molar-refractivity contribution in [1.29, 1.82) is 0 Å². The van der Waals surface area contributed by atoms with Gasteiger partial charge in [0, 0.05) is 62.7 Å². The van der Waals surface area contributed by atoms with Crippen molar-refractivity contribution >= 4 is 45.8 Å². The van der Waals surface area contributed by atoms with Crippen LogP contribution in [0.5, 0.6) is 0 Å². The highest BCUT2D eigenvalue weighted by atomic mass is 35.5. The third kappa shape index (κ3) is 5.95. The molecule has 45 heavy (non-hydrogen) atoms. The first-order valence-corrected chi connectivity index (χ1v) is 14.8. The minimum Gasteiger partial charge on any atom is -0.337 e. The van der Waals surface area contributed by atoms with E-state index >= 15 is 4.39 Å². The van der Waals surface area contributed by atoms with Crippen molar-refractivity contribution in [2.24, 2.45) is 0 Å². The molecule has 10 heteroatoms. The fraction of sp³-hybridized carbons (Fsp3) is 0.200. The number of hydrogen-bond donors (Lipinski definition) is 1. The fourth-order valence-electron chi connectivity index (χ4n) is 5.80. The predicted molar refractivity (Wildman–Crippen MR) is 170 cm³/mol. The molecule has 5 aromatic rings. The van der Waals surface area contributed by atoms with E-state index in [1.54, 1.807) is 53.4 Å². The summed E-state index contributed by atoms with van der Waals surface area (Å²) in [5, 5.41) is 3.57. The van der Waals surface area contributed by atoms with Gasteiger partial charge < -0.3 is 14.8 Å². The van der Waals surface area contributed by atoms with E-state index in [1.165, 1.54) is 17.9 Å². The Kier molecular flexibility index (Phi) is 8.20. The molecule has 228 valence electrons. The second-order valence-electron chi connectivity index (χ2n) is 11.2. The van der Waals surface area contributed by atoms with Crippen LogP contribution in [0.15, 0.2) is 85.2 Å². The molecule has 1 aliphatic rings. The number of Topliss-reactive ketones (excluding diaryl/α,β-unsaturated/α-hetero) is 1. The van der Waals surface area contributed by atoms with Crippen LogP contribution in [0.2, 0.25) is 5.02 Å². The molecule has 0 saturated carbocycles. The third-order valence-corrected chi connectivity index (χ3v) is 8.43. The highest BCUT2D eigenvalue weighted by molar-refractivity contribution is 6.33. The lowest BCUT2D eigenvalue weighted by atomic mass is 10.0. The molecular weight excluding hydrogens is 598 g/mol. The quantitative estimate of drug-likeness (QED) is 0.193. The van der Waals surface area contributed by atoms with Crippen LogP contribution in [-0.2, 0) is 16.1 Å². The van der Waals surface area contributed by atoms with Gasteiger partial charge in [0.15, 0.2) is 11.6 Å². The first kappa shape index (κ1) is 30.1. The van der Waals surface area contributed by atoms with Crippen LogP contribution in [0, 0.1) is 12.7 Å². The van der Waals surface area contributed by atoms with Crippen molar-refractivity contribution in [3.8, 4) is 22.3 Å². The Morgan fingerprint density at radius 1 is 1.00 bits per heavy atom. The van der Waals surface area contributed by atoms with Gasteiger partial charge in [-0.05, 0) is 49.7 Å². The summed E-state index contributed by atoms with van der Waals surface area (Å²) in [6.07, 6.45) is 1.72. The fourth-order valence-corrected chi connectivity index (χ4v) is 6.04. The SMILES string of the molecule is CC(=O)c1cn(CC(=O)N2C[C@H](F)C[C@H]2C(=O)Nc2cccc(-c3ccccc3Cl)c2F)c2ccc(-c3ccc(C)nc3)cc12. The summed E-state index contributed by atoms with van der Waals surface area (Å²) >= 11 is 6.26. The minimum atomic E-state index is -1.43. The Bertz CT molecular complexity index is 1960. The highest BCUT2D eigenvalue weighted by Gasteiger charge is 2.40. The number of nitrogens with zero attached hydrogens (tertiary/aromatic N) is 3. The normalized spacial score (nSPS) is 16.2. The van der Waals surface area contributed by atoms with Gasteiger partial charge in [0.25, 0.3) is 0 Å². The summed E-state index contributed by atoms with van der Waals surface area (Å²) in [7, 11) is 0.